The van der Waals surface area contributed by atoms with Crippen LogP contribution in [0.1, 0.15) is 10.4 Å². The van der Waals surface area contributed by atoms with Gasteiger partial charge in [0.05, 0.1) is 17.2 Å². The lowest BCUT2D eigenvalue weighted by atomic mass is 10.2. The Morgan fingerprint density at radius 2 is 2.21 bits per heavy atom. The average molecular weight is 298 g/mol. The molecule has 0 saturated carbocycles. The van der Waals surface area contributed by atoms with Crippen LogP contribution in [0.15, 0.2) is 12.3 Å². The van der Waals surface area contributed by atoms with E-state index in [1.165, 1.54) is 12.3 Å². The SMILES string of the molecule is Nc1cc(C(=O)NCCOCC(F)(F)F)c(Cl)cn1. The number of anilines is 1. The molecule has 0 radical (unpaired) electrons. The molecule has 19 heavy (non-hydrogen) atoms. The number of rotatable bonds is 5. The Morgan fingerprint density at radius 1 is 1.53 bits per heavy atom. The number of halogens is 4. The predicted octanol–water partition coefficient (Wildman–Crippen LogP) is 1.63. The van der Waals surface area contributed by atoms with Gasteiger partial charge in [-0.3, -0.25) is 4.79 Å². The second-order valence-corrected chi connectivity index (χ2v) is 3.92. The van der Waals surface area contributed by atoms with Crippen LogP contribution >= 0.6 is 11.6 Å². The summed E-state index contributed by atoms with van der Waals surface area (Å²) in [7, 11) is 0. The first-order valence-corrected chi connectivity index (χ1v) is 5.51. The highest BCUT2D eigenvalue weighted by molar-refractivity contribution is 6.33. The molecule has 0 bridgehead atoms. The van der Waals surface area contributed by atoms with Gasteiger partial charge in [0, 0.05) is 12.7 Å². The maximum absolute atomic E-state index is 11.8. The molecule has 1 amide bonds. The second kappa shape index (κ2) is 6.58. The highest BCUT2D eigenvalue weighted by Gasteiger charge is 2.27. The zero-order valence-corrected chi connectivity index (χ0v) is 10.4. The summed E-state index contributed by atoms with van der Waals surface area (Å²) in [6.07, 6.45) is -3.17. The summed E-state index contributed by atoms with van der Waals surface area (Å²) >= 11 is 5.73. The fourth-order valence-corrected chi connectivity index (χ4v) is 1.34. The van der Waals surface area contributed by atoms with E-state index in [1.54, 1.807) is 0 Å². The van der Waals surface area contributed by atoms with Crippen LogP contribution in [-0.4, -0.2) is 36.8 Å². The monoisotopic (exact) mass is 297 g/mol. The molecule has 0 saturated heterocycles. The molecule has 0 unspecified atom stereocenters. The number of hydrogen-bond acceptors (Lipinski definition) is 4. The van der Waals surface area contributed by atoms with Gasteiger partial charge in [-0.25, -0.2) is 4.98 Å². The molecule has 106 valence electrons. The van der Waals surface area contributed by atoms with Crippen molar-refractivity contribution < 1.29 is 22.7 Å². The summed E-state index contributed by atoms with van der Waals surface area (Å²) in [5, 5.41) is 2.45. The van der Waals surface area contributed by atoms with Gasteiger partial charge in [0.15, 0.2) is 0 Å². The first-order chi connectivity index (χ1) is 8.79. The quantitative estimate of drug-likeness (QED) is 0.810. The van der Waals surface area contributed by atoms with Crippen molar-refractivity contribution in [2.75, 3.05) is 25.5 Å². The second-order valence-electron chi connectivity index (χ2n) is 3.51. The Hall–Kier alpha value is -1.54. The Labute approximate surface area is 111 Å². The smallest absolute Gasteiger partial charge is 0.384 e. The number of alkyl halides is 3. The molecule has 0 aliphatic rings. The van der Waals surface area contributed by atoms with Crippen LogP contribution in [0.4, 0.5) is 19.0 Å². The molecule has 0 aliphatic carbocycles. The van der Waals surface area contributed by atoms with Gasteiger partial charge in [0.1, 0.15) is 12.4 Å². The van der Waals surface area contributed by atoms with Crippen LogP contribution in [0.2, 0.25) is 5.02 Å². The number of amides is 1. The van der Waals surface area contributed by atoms with E-state index < -0.39 is 18.7 Å². The number of carbonyl (C=O) groups is 1. The molecule has 0 aromatic carbocycles. The topological polar surface area (TPSA) is 77.2 Å². The van der Waals surface area contributed by atoms with Crippen LogP contribution < -0.4 is 11.1 Å². The Balaban J connectivity index is 2.38. The van der Waals surface area contributed by atoms with Gasteiger partial charge in [0.25, 0.3) is 5.91 Å². The van der Waals surface area contributed by atoms with E-state index in [-0.39, 0.29) is 29.6 Å². The number of nitrogen functional groups attached to an aromatic ring is 1. The van der Waals surface area contributed by atoms with Crippen molar-refractivity contribution in [1.82, 2.24) is 10.3 Å². The number of nitrogens with one attached hydrogen (secondary N) is 1. The Bertz CT molecular complexity index is 454. The fourth-order valence-electron chi connectivity index (χ4n) is 1.15. The highest BCUT2D eigenvalue weighted by Crippen LogP contribution is 2.16. The molecule has 0 fully saturated rings. The lowest BCUT2D eigenvalue weighted by molar-refractivity contribution is -0.173. The number of hydrogen-bond donors (Lipinski definition) is 2. The van der Waals surface area contributed by atoms with Crippen molar-refractivity contribution in [2.24, 2.45) is 0 Å². The standard InChI is InChI=1S/C10H11ClF3N3O2/c11-7-4-17-8(15)3-6(7)9(18)16-1-2-19-5-10(12,13)14/h3-4H,1-2,5H2,(H2,15,17)(H,16,18). The van der Waals surface area contributed by atoms with E-state index in [9.17, 15) is 18.0 Å². The third kappa shape index (κ3) is 5.75. The number of nitrogens with two attached hydrogens (primary N) is 1. The zero-order valence-electron chi connectivity index (χ0n) is 9.63. The number of aromatic nitrogens is 1. The van der Waals surface area contributed by atoms with E-state index in [4.69, 9.17) is 17.3 Å². The van der Waals surface area contributed by atoms with Crippen LogP contribution in [0.25, 0.3) is 0 Å². The summed E-state index contributed by atoms with van der Waals surface area (Å²) in [6.45, 7) is -1.69. The van der Waals surface area contributed by atoms with Gasteiger partial charge in [-0.2, -0.15) is 13.2 Å². The van der Waals surface area contributed by atoms with Crippen molar-refractivity contribution in [3.8, 4) is 0 Å². The van der Waals surface area contributed by atoms with Crippen LogP contribution in [-0.2, 0) is 4.74 Å². The van der Waals surface area contributed by atoms with Crippen molar-refractivity contribution in [3.05, 3.63) is 22.8 Å². The molecule has 0 atom stereocenters. The van der Waals surface area contributed by atoms with Gasteiger partial charge in [-0.15, -0.1) is 0 Å². The molecular formula is C10H11ClF3N3O2. The van der Waals surface area contributed by atoms with Gasteiger partial charge < -0.3 is 15.8 Å². The van der Waals surface area contributed by atoms with Gasteiger partial charge in [-0.1, -0.05) is 11.6 Å². The maximum Gasteiger partial charge on any atom is 0.411 e. The van der Waals surface area contributed by atoms with E-state index in [1.807, 2.05) is 0 Å². The lowest BCUT2D eigenvalue weighted by Gasteiger charge is -2.09. The number of ether oxygens (including phenoxy) is 1. The normalized spacial score (nSPS) is 11.4. The molecule has 3 N–H and O–H groups in total. The van der Waals surface area contributed by atoms with E-state index in [2.05, 4.69) is 15.0 Å². The average Bonchev–Trinajstić information content (AvgIpc) is 2.30. The molecule has 5 nitrogen and oxygen atoms in total. The number of pyridine rings is 1. The Morgan fingerprint density at radius 3 is 2.84 bits per heavy atom. The van der Waals surface area contributed by atoms with Crippen molar-refractivity contribution in [3.63, 3.8) is 0 Å². The number of nitrogens with zero attached hydrogens (tertiary/aromatic N) is 1. The molecule has 1 rings (SSSR count). The highest BCUT2D eigenvalue weighted by atomic mass is 35.5. The van der Waals surface area contributed by atoms with Crippen molar-refractivity contribution >= 4 is 23.3 Å². The summed E-state index contributed by atoms with van der Waals surface area (Å²) in [5.41, 5.74) is 5.49. The molecular weight excluding hydrogens is 287 g/mol. The number of carbonyl (C=O) groups excluding carboxylic acids is 1. The predicted molar refractivity (Wildman–Crippen MR) is 62.9 cm³/mol. The molecule has 1 aromatic rings. The minimum atomic E-state index is -4.38. The van der Waals surface area contributed by atoms with E-state index >= 15 is 0 Å². The maximum atomic E-state index is 11.8. The van der Waals surface area contributed by atoms with E-state index in [0.717, 1.165) is 0 Å². The van der Waals surface area contributed by atoms with Crippen molar-refractivity contribution in [1.29, 1.82) is 0 Å². The largest absolute Gasteiger partial charge is 0.411 e. The van der Waals surface area contributed by atoms with Crippen LogP contribution in [0, 0.1) is 0 Å². The fraction of sp³-hybridized carbons (Fsp3) is 0.400. The third-order valence-corrected chi connectivity index (χ3v) is 2.22. The first kappa shape index (κ1) is 15.5. The first-order valence-electron chi connectivity index (χ1n) is 5.13. The molecule has 1 aromatic heterocycles. The molecule has 0 spiro atoms. The summed E-state index contributed by atoms with van der Waals surface area (Å²) in [4.78, 5) is 15.3. The minimum Gasteiger partial charge on any atom is -0.384 e. The summed E-state index contributed by atoms with van der Waals surface area (Å²) in [5.74, 6) is -0.447. The summed E-state index contributed by atoms with van der Waals surface area (Å²) < 4.78 is 39.6. The van der Waals surface area contributed by atoms with E-state index in [0.29, 0.717) is 0 Å². The van der Waals surface area contributed by atoms with Gasteiger partial charge in [-0.05, 0) is 6.07 Å². The summed E-state index contributed by atoms with van der Waals surface area (Å²) in [6, 6.07) is 1.27. The zero-order chi connectivity index (χ0) is 14.5. The van der Waals surface area contributed by atoms with Crippen LogP contribution in [0.5, 0.6) is 0 Å². The van der Waals surface area contributed by atoms with Gasteiger partial charge >= 0.3 is 6.18 Å². The third-order valence-electron chi connectivity index (χ3n) is 1.92. The van der Waals surface area contributed by atoms with Crippen LogP contribution in [0.3, 0.4) is 0 Å². The Kier molecular flexibility index (Phi) is 5.37. The molecule has 9 heteroatoms. The van der Waals surface area contributed by atoms with Gasteiger partial charge in [0.2, 0.25) is 0 Å². The minimum absolute atomic E-state index is 0.0759. The molecule has 0 aliphatic heterocycles. The van der Waals surface area contributed by atoms with Crippen molar-refractivity contribution in [2.45, 2.75) is 6.18 Å². The molecule has 1 heterocycles. The lowest BCUT2D eigenvalue weighted by Crippen LogP contribution is -2.29.